The van der Waals surface area contributed by atoms with Crippen LogP contribution in [0.2, 0.25) is 5.02 Å². The van der Waals surface area contributed by atoms with Crippen molar-refractivity contribution in [3.05, 3.63) is 34.3 Å². The van der Waals surface area contributed by atoms with Crippen molar-refractivity contribution >= 4 is 17.5 Å². The minimum atomic E-state index is -0.155. The second-order valence-corrected chi connectivity index (χ2v) is 3.47. The first kappa shape index (κ1) is 11.0. The fraction of sp³-hybridized carbons (Fsp3) is 0.300. The van der Waals surface area contributed by atoms with Crippen LogP contribution in [-0.4, -0.2) is 12.5 Å². The fourth-order valence-corrected chi connectivity index (χ4v) is 1.21. The van der Waals surface area contributed by atoms with E-state index in [0.29, 0.717) is 6.54 Å². The molecule has 0 aliphatic heterocycles. The highest BCUT2D eigenvalue weighted by Gasteiger charge is 1.99. The summed E-state index contributed by atoms with van der Waals surface area (Å²) >= 11 is 5.86. The number of nitrogens with two attached hydrogens (primary N) is 1. The first-order valence-corrected chi connectivity index (χ1v) is 4.73. The molecular weight excluding hydrogens is 200 g/mol. The molecule has 0 aliphatic rings. The number of benzene rings is 1. The zero-order valence-corrected chi connectivity index (χ0v) is 8.77. The van der Waals surface area contributed by atoms with E-state index in [1.165, 1.54) is 0 Å². The first-order chi connectivity index (χ1) is 6.63. The number of carbonyl (C=O) groups excluding carboxylic acids is 1. The Balaban J connectivity index is 2.60. The lowest BCUT2D eigenvalue weighted by molar-refractivity contribution is -0.119. The molecule has 3 N–H and O–H groups in total. The highest BCUT2D eigenvalue weighted by molar-refractivity contribution is 6.31. The number of nitrogens with one attached hydrogen (secondary N) is 1. The van der Waals surface area contributed by atoms with Gasteiger partial charge in [0.25, 0.3) is 0 Å². The lowest BCUT2D eigenvalue weighted by Crippen LogP contribution is -2.29. The molecule has 76 valence electrons. The van der Waals surface area contributed by atoms with Gasteiger partial charge in [-0.15, -0.1) is 0 Å². The van der Waals surface area contributed by atoms with E-state index in [-0.39, 0.29) is 12.5 Å². The van der Waals surface area contributed by atoms with E-state index < -0.39 is 0 Å². The molecule has 4 heteroatoms. The van der Waals surface area contributed by atoms with Crippen molar-refractivity contribution in [2.24, 2.45) is 5.73 Å². The van der Waals surface area contributed by atoms with Crippen molar-refractivity contribution in [2.45, 2.75) is 13.5 Å². The van der Waals surface area contributed by atoms with Gasteiger partial charge in [0, 0.05) is 11.6 Å². The van der Waals surface area contributed by atoms with Crippen LogP contribution in [0.15, 0.2) is 18.2 Å². The third-order valence-electron chi connectivity index (χ3n) is 1.90. The maximum Gasteiger partial charge on any atom is 0.234 e. The number of rotatable bonds is 3. The Morgan fingerprint density at radius 2 is 2.29 bits per heavy atom. The molecule has 0 saturated carbocycles. The van der Waals surface area contributed by atoms with Crippen LogP contribution >= 0.6 is 11.6 Å². The summed E-state index contributed by atoms with van der Waals surface area (Å²) in [7, 11) is 0. The van der Waals surface area contributed by atoms with Crippen LogP contribution in [0.1, 0.15) is 11.1 Å². The lowest BCUT2D eigenvalue weighted by atomic mass is 10.1. The van der Waals surface area contributed by atoms with Crippen LogP contribution in [0.5, 0.6) is 0 Å². The summed E-state index contributed by atoms with van der Waals surface area (Å²) in [4.78, 5) is 10.9. The molecule has 1 amide bonds. The zero-order valence-electron chi connectivity index (χ0n) is 8.01. The van der Waals surface area contributed by atoms with Crippen molar-refractivity contribution in [2.75, 3.05) is 6.54 Å². The quantitative estimate of drug-likeness (QED) is 0.792. The van der Waals surface area contributed by atoms with E-state index in [4.69, 9.17) is 17.3 Å². The maximum absolute atomic E-state index is 10.9. The molecular formula is C10H13ClN2O. The maximum atomic E-state index is 10.9. The highest BCUT2D eigenvalue weighted by Crippen LogP contribution is 2.15. The molecule has 0 radical (unpaired) electrons. The van der Waals surface area contributed by atoms with Gasteiger partial charge >= 0.3 is 0 Å². The second kappa shape index (κ2) is 4.98. The summed E-state index contributed by atoms with van der Waals surface area (Å²) in [6.45, 7) is 2.44. The Hall–Kier alpha value is -1.06. The fourth-order valence-electron chi connectivity index (χ4n) is 1.09. The topological polar surface area (TPSA) is 55.1 Å². The molecule has 0 bridgehead atoms. The van der Waals surface area contributed by atoms with Gasteiger partial charge in [-0.25, -0.2) is 0 Å². The number of hydrogen-bond donors (Lipinski definition) is 2. The number of amides is 1. The summed E-state index contributed by atoms with van der Waals surface area (Å²) in [6, 6.07) is 5.64. The molecule has 0 heterocycles. The predicted molar refractivity (Wildman–Crippen MR) is 57.1 cm³/mol. The summed E-state index contributed by atoms with van der Waals surface area (Å²) in [5, 5.41) is 3.42. The molecule has 0 saturated heterocycles. The van der Waals surface area contributed by atoms with Crippen LogP contribution in [0.3, 0.4) is 0 Å². The molecule has 0 unspecified atom stereocenters. The van der Waals surface area contributed by atoms with Gasteiger partial charge in [-0.05, 0) is 24.1 Å². The summed E-state index contributed by atoms with van der Waals surface area (Å²) in [6.07, 6.45) is 0. The molecule has 1 rings (SSSR count). The first-order valence-electron chi connectivity index (χ1n) is 4.35. The van der Waals surface area contributed by atoms with Crippen molar-refractivity contribution in [1.82, 2.24) is 5.32 Å². The monoisotopic (exact) mass is 212 g/mol. The lowest BCUT2D eigenvalue weighted by Gasteiger charge is -2.05. The molecule has 14 heavy (non-hydrogen) atoms. The summed E-state index contributed by atoms with van der Waals surface area (Å²) in [5.41, 5.74) is 7.18. The molecule has 1 aromatic rings. The standard InChI is InChI=1S/C10H13ClN2O/c1-7-4-8(2-3-9(7)11)6-13-10(14)5-12/h2-4H,5-6,12H2,1H3,(H,13,14). The molecule has 0 aromatic heterocycles. The van der Waals surface area contributed by atoms with Gasteiger partial charge in [0.2, 0.25) is 5.91 Å². The molecule has 1 aromatic carbocycles. The SMILES string of the molecule is Cc1cc(CNC(=O)CN)ccc1Cl. The van der Waals surface area contributed by atoms with E-state index in [1.807, 2.05) is 25.1 Å². The van der Waals surface area contributed by atoms with Gasteiger partial charge in [0.15, 0.2) is 0 Å². The highest BCUT2D eigenvalue weighted by atomic mass is 35.5. The zero-order chi connectivity index (χ0) is 10.6. The van der Waals surface area contributed by atoms with Gasteiger partial charge in [0.05, 0.1) is 6.54 Å². The second-order valence-electron chi connectivity index (χ2n) is 3.06. The Morgan fingerprint density at radius 3 is 2.86 bits per heavy atom. The molecule has 0 spiro atoms. The van der Waals surface area contributed by atoms with Crippen LogP contribution in [0.4, 0.5) is 0 Å². The van der Waals surface area contributed by atoms with Gasteiger partial charge in [-0.2, -0.15) is 0 Å². The van der Waals surface area contributed by atoms with E-state index in [0.717, 1.165) is 16.1 Å². The Bertz CT molecular complexity index is 339. The minimum absolute atomic E-state index is 0.0204. The Morgan fingerprint density at radius 1 is 1.57 bits per heavy atom. The van der Waals surface area contributed by atoms with E-state index in [2.05, 4.69) is 5.32 Å². The van der Waals surface area contributed by atoms with Crippen LogP contribution in [-0.2, 0) is 11.3 Å². The molecule has 0 atom stereocenters. The molecule has 3 nitrogen and oxygen atoms in total. The van der Waals surface area contributed by atoms with Gasteiger partial charge in [-0.3, -0.25) is 4.79 Å². The van der Waals surface area contributed by atoms with E-state index in [9.17, 15) is 4.79 Å². The number of aryl methyl sites for hydroxylation is 1. The Kier molecular flexibility index (Phi) is 3.92. The Labute approximate surface area is 88.2 Å². The third-order valence-corrected chi connectivity index (χ3v) is 2.32. The van der Waals surface area contributed by atoms with Crippen molar-refractivity contribution in [1.29, 1.82) is 0 Å². The predicted octanol–water partition coefficient (Wildman–Crippen LogP) is 1.22. The van der Waals surface area contributed by atoms with Gasteiger partial charge in [-0.1, -0.05) is 23.7 Å². The summed E-state index contributed by atoms with van der Waals surface area (Å²) in [5.74, 6) is -0.155. The average Bonchev–Trinajstić information content (AvgIpc) is 2.19. The smallest absolute Gasteiger partial charge is 0.234 e. The average molecular weight is 213 g/mol. The van der Waals surface area contributed by atoms with Gasteiger partial charge in [0.1, 0.15) is 0 Å². The van der Waals surface area contributed by atoms with Crippen LogP contribution in [0, 0.1) is 6.92 Å². The number of halogens is 1. The number of hydrogen-bond acceptors (Lipinski definition) is 2. The summed E-state index contributed by atoms with van der Waals surface area (Å²) < 4.78 is 0. The van der Waals surface area contributed by atoms with Crippen molar-refractivity contribution < 1.29 is 4.79 Å². The molecule has 0 aliphatic carbocycles. The van der Waals surface area contributed by atoms with Crippen LogP contribution in [0.25, 0.3) is 0 Å². The van der Waals surface area contributed by atoms with Gasteiger partial charge < -0.3 is 11.1 Å². The largest absolute Gasteiger partial charge is 0.351 e. The van der Waals surface area contributed by atoms with Crippen LogP contribution < -0.4 is 11.1 Å². The van der Waals surface area contributed by atoms with Crippen molar-refractivity contribution in [3.63, 3.8) is 0 Å². The van der Waals surface area contributed by atoms with E-state index in [1.54, 1.807) is 0 Å². The van der Waals surface area contributed by atoms with Crippen molar-refractivity contribution in [3.8, 4) is 0 Å². The van der Waals surface area contributed by atoms with E-state index >= 15 is 0 Å². The third kappa shape index (κ3) is 3.01. The molecule has 0 fully saturated rings. The number of carbonyl (C=O) groups is 1. The minimum Gasteiger partial charge on any atom is -0.351 e. The normalized spacial score (nSPS) is 9.93.